The smallest absolute Gasteiger partial charge is 0.00509 e. The van der Waals surface area contributed by atoms with Gasteiger partial charge in [-0.2, -0.15) is 0 Å². The molecule has 0 aliphatic carbocycles. The summed E-state index contributed by atoms with van der Waals surface area (Å²) < 4.78 is 0. The molecule has 1 aromatic carbocycles. The maximum absolute atomic E-state index is 5.65. The number of hydrogen-bond acceptors (Lipinski definition) is 1. The quantitative estimate of drug-likeness (QED) is 0.679. The van der Waals surface area contributed by atoms with Gasteiger partial charge in [-0.3, -0.25) is 0 Å². The number of benzene rings is 1. The van der Waals surface area contributed by atoms with Gasteiger partial charge in [-0.25, -0.2) is 0 Å². The number of hydrogen-bond donors (Lipinski definition) is 1. The van der Waals surface area contributed by atoms with Crippen LogP contribution in [-0.4, -0.2) is 6.04 Å². The fourth-order valence-electron chi connectivity index (χ4n) is 1.05. The first-order valence-corrected chi connectivity index (χ1v) is 3.85. The highest BCUT2D eigenvalue weighted by Gasteiger charge is 1.95. The molecular formula is C10H14N. The van der Waals surface area contributed by atoms with E-state index in [1.807, 2.05) is 19.1 Å². The van der Waals surface area contributed by atoms with Crippen LogP contribution in [0.3, 0.4) is 0 Å². The largest absolute Gasteiger partial charge is 0.328 e. The third kappa shape index (κ3) is 2.72. The monoisotopic (exact) mass is 148 g/mol. The van der Waals surface area contributed by atoms with Crippen LogP contribution in [0.1, 0.15) is 18.1 Å². The predicted molar refractivity (Wildman–Crippen MR) is 48.3 cm³/mol. The number of rotatable bonds is 2. The van der Waals surface area contributed by atoms with Crippen molar-refractivity contribution in [3.05, 3.63) is 42.3 Å². The molecule has 1 nitrogen and oxygen atoms in total. The SMILES string of the molecule is [CH2]c1ccc(CC(C)N)cc1. The van der Waals surface area contributed by atoms with E-state index < -0.39 is 0 Å². The van der Waals surface area contributed by atoms with E-state index in [0.29, 0.717) is 0 Å². The Bertz CT molecular complexity index is 211. The molecule has 1 unspecified atom stereocenters. The van der Waals surface area contributed by atoms with E-state index in [2.05, 4.69) is 19.1 Å². The van der Waals surface area contributed by atoms with Crippen LogP contribution in [0.25, 0.3) is 0 Å². The van der Waals surface area contributed by atoms with Crippen LogP contribution in [0.4, 0.5) is 0 Å². The lowest BCUT2D eigenvalue weighted by Crippen LogP contribution is -2.17. The van der Waals surface area contributed by atoms with Crippen molar-refractivity contribution in [3.63, 3.8) is 0 Å². The van der Waals surface area contributed by atoms with Crippen molar-refractivity contribution in [2.24, 2.45) is 5.73 Å². The van der Waals surface area contributed by atoms with Crippen molar-refractivity contribution in [1.82, 2.24) is 0 Å². The Morgan fingerprint density at radius 3 is 2.36 bits per heavy atom. The Balaban J connectivity index is 2.66. The highest BCUT2D eigenvalue weighted by atomic mass is 14.6. The molecule has 1 rings (SSSR count). The molecule has 0 amide bonds. The molecule has 0 bridgehead atoms. The summed E-state index contributed by atoms with van der Waals surface area (Å²) in [6, 6.07) is 8.41. The van der Waals surface area contributed by atoms with E-state index in [0.717, 1.165) is 12.0 Å². The fourth-order valence-corrected chi connectivity index (χ4v) is 1.05. The first-order chi connectivity index (χ1) is 5.18. The molecule has 0 aliphatic rings. The van der Waals surface area contributed by atoms with E-state index in [4.69, 9.17) is 5.73 Å². The summed E-state index contributed by atoms with van der Waals surface area (Å²) >= 11 is 0. The lowest BCUT2D eigenvalue weighted by molar-refractivity contribution is 0.738. The summed E-state index contributed by atoms with van der Waals surface area (Å²) in [6.45, 7) is 5.82. The van der Waals surface area contributed by atoms with Gasteiger partial charge in [0.25, 0.3) is 0 Å². The van der Waals surface area contributed by atoms with E-state index in [9.17, 15) is 0 Å². The topological polar surface area (TPSA) is 26.0 Å². The van der Waals surface area contributed by atoms with Crippen molar-refractivity contribution in [1.29, 1.82) is 0 Å². The van der Waals surface area contributed by atoms with Gasteiger partial charge in [-0.15, -0.1) is 0 Å². The third-order valence-corrected chi connectivity index (χ3v) is 1.58. The molecule has 0 saturated carbocycles. The Hall–Kier alpha value is -0.820. The summed E-state index contributed by atoms with van der Waals surface area (Å²) in [7, 11) is 0. The molecule has 1 aromatic rings. The standard InChI is InChI=1S/C10H14N/c1-8-3-5-10(6-4-8)7-9(2)11/h3-6,9H,1,7,11H2,2H3. The lowest BCUT2D eigenvalue weighted by atomic mass is 10.1. The molecule has 0 fully saturated rings. The van der Waals surface area contributed by atoms with Crippen molar-refractivity contribution in [2.75, 3.05) is 0 Å². The maximum Gasteiger partial charge on any atom is 0.00509 e. The molecular weight excluding hydrogens is 134 g/mol. The van der Waals surface area contributed by atoms with Crippen LogP contribution < -0.4 is 5.73 Å². The fraction of sp³-hybridized carbons (Fsp3) is 0.300. The van der Waals surface area contributed by atoms with Crippen molar-refractivity contribution < 1.29 is 0 Å². The van der Waals surface area contributed by atoms with Crippen LogP contribution >= 0.6 is 0 Å². The highest BCUT2D eigenvalue weighted by Crippen LogP contribution is 2.04. The Morgan fingerprint density at radius 2 is 1.91 bits per heavy atom. The molecule has 2 N–H and O–H groups in total. The highest BCUT2D eigenvalue weighted by molar-refractivity contribution is 5.24. The average Bonchev–Trinajstić information content (AvgIpc) is 1.93. The zero-order valence-electron chi connectivity index (χ0n) is 6.88. The molecule has 0 spiro atoms. The van der Waals surface area contributed by atoms with Gasteiger partial charge in [0.2, 0.25) is 0 Å². The normalized spacial score (nSPS) is 13.0. The third-order valence-electron chi connectivity index (χ3n) is 1.58. The van der Waals surface area contributed by atoms with Gasteiger partial charge in [0.1, 0.15) is 0 Å². The van der Waals surface area contributed by atoms with Crippen LogP contribution in [0.5, 0.6) is 0 Å². The van der Waals surface area contributed by atoms with Gasteiger partial charge < -0.3 is 5.73 Å². The molecule has 11 heavy (non-hydrogen) atoms. The predicted octanol–water partition coefficient (Wildman–Crippen LogP) is 1.76. The van der Waals surface area contributed by atoms with Gasteiger partial charge in [0, 0.05) is 6.04 Å². The summed E-state index contributed by atoms with van der Waals surface area (Å²) in [6.07, 6.45) is 0.945. The Labute approximate surface area is 68.2 Å². The lowest BCUT2D eigenvalue weighted by Gasteiger charge is -2.04. The van der Waals surface area contributed by atoms with Crippen molar-refractivity contribution >= 4 is 0 Å². The molecule has 59 valence electrons. The molecule has 1 radical (unpaired) electrons. The van der Waals surface area contributed by atoms with E-state index in [1.54, 1.807) is 0 Å². The van der Waals surface area contributed by atoms with Gasteiger partial charge >= 0.3 is 0 Å². The molecule has 1 heteroatoms. The Morgan fingerprint density at radius 1 is 1.36 bits per heavy atom. The molecule has 0 aliphatic heterocycles. The summed E-state index contributed by atoms with van der Waals surface area (Å²) in [5.41, 5.74) is 7.99. The van der Waals surface area contributed by atoms with Gasteiger partial charge in [0.05, 0.1) is 0 Å². The van der Waals surface area contributed by atoms with Gasteiger partial charge in [-0.05, 0) is 31.4 Å². The number of nitrogens with two attached hydrogens (primary N) is 1. The summed E-state index contributed by atoms with van der Waals surface area (Å²) in [4.78, 5) is 0. The average molecular weight is 148 g/mol. The van der Waals surface area contributed by atoms with Crippen LogP contribution in [0.15, 0.2) is 24.3 Å². The second kappa shape index (κ2) is 3.54. The van der Waals surface area contributed by atoms with Gasteiger partial charge in [0.15, 0.2) is 0 Å². The van der Waals surface area contributed by atoms with Crippen molar-refractivity contribution in [3.8, 4) is 0 Å². The zero-order chi connectivity index (χ0) is 8.27. The second-order valence-electron chi connectivity index (χ2n) is 3.00. The van der Waals surface area contributed by atoms with Crippen molar-refractivity contribution in [2.45, 2.75) is 19.4 Å². The zero-order valence-corrected chi connectivity index (χ0v) is 6.88. The maximum atomic E-state index is 5.65. The molecule has 0 heterocycles. The van der Waals surface area contributed by atoms with E-state index in [1.165, 1.54) is 5.56 Å². The molecule has 0 aromatic heterocycles. The summed E-state index contributed by atoms with van der Waals surface area (Å²) in [5.74, 6) is 0. The minimum Gasteiger partial charge on any atom is -0.328 e. The van der Waals surface area contributed by atoms with Crippen LogP contribution in [0.2, 0.25) is 0 Å². The van der Waals surface area contributed by atoms with Crippen LogP contribution in [-0.2, 0) is 6.42 Å². The summed E-state index contributed by atoms with van der Waals surface area (Å²) in [5, 5.41) is 0. The molecule has 1 atom stereocenters. The molecule has 0 saturated heterocycles. The van der Waals surface area contributed by atoms with Crippen LogP contribution in [0, 0.1) is 6.92 Å². The first-order valence-electron chi connectivity index (χ1n) is 3.85. The Kier molecular flexibility index (Phi) is 2.66. The second-order valence-corrected chi connectivity index (χ2v) is 3.00. The van der Waals surface area contributed by atoms with E-state index in [-0.39, 0.29) is 6.04 Å². The minimum absolute atomic E-state index is 0.241. The minimum atomic E-state index is 0.241. The first kappa shape index (κ1) is 8.28. The van der Waals surface area contributed by atoms with Gasteiger partial charge in [-0.1, -0.05) is 24.3 Å². The van der Waals surface area contributed by atoms with E-state index >= 15 is 0 Å².